The number of nitrogens with two attached hydrogens (primary N) is 1. The van der Waals surface area contributed by atoms with Gasteiger partial charge < -0.3 is 35.5 Å². The molecule has 2 unspecified atom stereocenters. The second-order valence-corrected chi connectivity index (χ2v) is 8.38. The Hall–Kier alpha value is -4.08. The molecule has 9 heteroatoms. The van der Waals surface area contributed by atoms with E-state index < -0.39 is 24.2 Å². The summed E-state index contributed by atoms with van der Waals surface area (Å²) in [4.78, 5) is 23.3. The van der Waals surface area contributed by atoms with E-state index in [-0.39, 0.29) is 37.2 Å². The molecule has 1 aliphatic rings. The standard InChI is InChI=1S/C27H28N2O7/c1-34-24-12-16(10-11-23(24)35-15-25(28)31)26(32)22(30)13-29-27(33)36-14-21-19-8-4-2-6-17(19)18-7-3-5-9-20(18)21/h2-12,21-22,26,30,32H,13-15H2,1H3,(H2,28,31)(H,29,33). The van der Waals surface area contributed by atoms with Gasteiger partial charge in [0.05, 0.1) is 7.11 Å². The highest BCUT2D eigenvalue weighted by Gasteiger charge is 2.29. The molecule has 1 aliphatic carbocycles. The third-order valence-corrected chi connectivity index (χ3v) is 6.06. The molecule has 0 saturated heterocycles. The molecule has 0 radical (unpaired) electrons. The van der Waals surface area contributed by atoms with E-state index in [1.165, 1.54) is 25.3 Å². The number of carbonyl (C=O) groups excluding carboxylic acids is 2. The normalized spacial score (nSPS) is 13.8. The van der Waals surface area contributed by atoms with E-state index in [0.717, 1.165) is 22.3 Å². The fourth-order valence-corrected chi connectivity index (χ4v) is 4.31. The third-order valence-electron chi connectivity index (χ3n) is 6.06. The Labute approximate surface area is 208 Å². The number of primary amides is 1. The number of alkyl carbamates (subject to hydrolysis) is 1. The van der Waals surface area contributed by atoms with Crippen molar-refractivity contribution in [2.75, 3.05) is 26.9 Å². The summed E-state index contributed by atoms with van der Waals surface area (Å²) in [7, 11) is 1.40. The van der Waals surface area contributed by atoms with Crippen molar-refractivity contribution in [2.24, 2.45) is 5.73 Å². The zero-order chi connectivity index (χ0) is 25.7. The summed E-state index contributed by atoms with van der Waals surface area (Å²) < 4.78 is 15.9. The molecule has 0 saturated carbocycles. The van der Waals surface area contributed by atoms with Gasteiger partial charge in [-0.1, -0.05) is 54.6 Å². The molecule has 5 N–H and O–H groups in total. The Morgan fingerprint density at radius 2 is 1.61 bits per heavy atom. The van der Waals surface area contributed by atoms with E-state index in [2.05, 4.69) is 17.4 Å². The number of aliphatic hydroxyl groups is 2. The second-order valence-electron chi connectivity index (χ2n) is 8.38. The number of hydrogen-bond donors (Lipinski definition) is 4. The number of methoxy groups -OCH3 is 1. The number of carbonyl (C=O) groups is 2. The quantitative estimate of drug-likeness (QED) is 0.341. The van der Waals surface area contributed by atoms with Crippen LogP contribution in [0.3, 0.4) is 0 Å². The zero-order valence-electron chi connectivity index (χ0n) is 19.7. The van der Waals surface area contributed by atoms with Crippen molar-refractivity contribution >= 4 is 12.0 Å². The summed E-state index contributed by atoms with van der Waals surface area (Å²) in [5.74, 6) is -0.208. The number of fused-ring (bicyclic) bond motifs is 3. The number of nitrogens with one attached hydrogen (secondary N) is 1. The molecule has 0 bridgehead atoms. The van der Waals surface area contributed by atoms with Crippen molar-refractivity contribution in [3.05, 3.63) is 83.4 Å². The summed E-state index contributed by atoms with van der Waals surface area (Å²) in [6.07, 6.45) is -3.33. The van der Waals surface area contributed by atoms with Gasteiger partial charge in [-0.25, -0.2) is 4.79 Å². The van der Waals surface area contributed by atoms with Crippen LogP contribution in [0.25, 0.3) is 11.1 Å². The molecule has 4 rings (SSSR count). The number of hydrogen-bond acceptors (Lipinski definition) is 7. The highest BCUT2D eigenvalue weighted by Crippen LogP contribution is 2.44. The van der Waals surface area contributed by atoms with Crippen molar-refractivity contribution in [1.29, 1.82) is 0 Å². The molecule has 188 valence electrons. The van der Waals surface area contributed by atoms with Crippen LogP contribution in [0.1, 0.15) is 28.7 Å². The van der Waals surface area contributed by atoms with E-state index in [0.29, 0.717) is 5.56 Å². The number of aliphatic hydroxyl groups excluding tert-OH is 2. The van der Waals surface area contributed by atoms with E-state index in [9.17, 15) is 19.8 Å². The molecule has 3 aromatic carbocycles. The van der Waals surface area contributed by atoms with Gasteiger partial charge in [0.1, 0.15) is 18.8 Å². The molecule has 0 spiro atoms. The highest BCUT2D eigenvalue weighted by molar-refractivity contribution is 5.79. The van der Waals surface area contributed by atoms with Crippen molar-refractivity contribution in [1.82, 2.24) is 5.32 Å². The smallest absolute Gasteiger partial charge is 0.407 e. The maximum Gasteiger partial charge on any atom is 0.407 e. The molecule has 2 amide bonds. The van der Waals surface area contributed by atoms with E-state index in [1.54, 1.807) is 0 Å². The van der Waals surface area contributed by atoms with Gasteiger partial charge in [0.2, 0.25) is 0 Å². The predicted octanol–water partition coefficient (Wildman–Crippen LogP) is 2.49. The molecule has 2 atom stereocenters. The Kier molecular flexibility index (Phi) is 7.72. The van der Waals surface area contributed by atoms with Gasteiger partial charge in [-0.2, -0.15) is 0 Å². The number of amides is 2. The van der Waals surface area contributed by atoms with Crippen LogP contribution in [0.2, 0.25) is 0 Å². The maximum atomic E-state index is 12.4. The average Bonchev–Trinajstić information content (AvgIpc) is 3.22. The predicted molar refractivity (Wildman–Crippen MR) is 132 cm³/mol. The summed E-state index contributed by atoms with van der Waals surface area (Å²) in [5.41, 5.74) is 9.86. The van der Waals surface area contributed by atoms with E-state index in [1.807, 2.05) is 36.4 Å². The fourth-order valence-electron chi connectivity index (χ4n) is 4.31. The summed E-state index contributed by atoms with van der Waals surface area (Å²) in [6.45, 7) is -0.423. The molecule has 3 aromatic rings. The summed E-state index contributed by atoms with van der Waals surface area (Å²) >= 11 is 0. The number of ether oxygens (including phenoxy) is 3. The zero-order valence-corrected chi connectivity index (χ0v) is 19.7. The van der Waals surface area contributed by atoms with Gasteiger partial charge in [0, 0.05) is 12.5 Å². The van der Waals surface area contributed by atoms with Crippen LogP contribution in [0.5, 0.6) is 11.5 Å². The molecule has 9 nitrogen and oxygen atoms in total. The molecule has 0 heterocycles. The van der Waals surface area contributed by atoms with E-state index >= 15 is 0 Å². The SMILES string of the molecule is COc1cc(C(O)C(O)CNC(=O)OCC2c3ccccc3-c3ccccc32)ccc1OCC(N)=O. The molecular formula is C27H28N2O7. The lowest BCUT2D eigenvalue weighted by Gasteiger charge is -2.20. The molecule has 0 aliphatic heterocycles. The average molecular weight is 493 g/mol. The van der Waals surface area contributed by atoms with Crippen LogP contribution >= 0.6 is 0 Å². The third kappa shape index (κ3) is 5.42. The van der Waals surface area contributed by atoms with Gasteiger partial charge in [0.15, 0.2) is 18.1 Å². The highest BCUT2D eigenvalue weighted by atomic mass is 16.5. The lowest BCUT2D eigenvalue weighted by atomic mass is 9.98. The molecule has 0 fully saturated rings. The Bertz CT molecular complexity index is 1200. The van der Waals surface area contributed by atoms with Crippen LogP contribution in [0.4, 0.5) is 4.79 Å². The molecular weight excluding hydrogens is 464 g/mol. The fraction of sp³-hybridized carbons (Fsp3) is 0.259. The molecule has 36 heavy (non-hydrogen) atoms. The van der Waals surface area contributed by atoms with Crippen LogP contribution < -0.4 is 20.5 Å². The number of benzene rings is 3. The summed E-state index contributed by atoms with van der Waals surface area (Å²) in [5, 5.41) is 23.5. The van der Waals surface area contributed by atoms with E-state index in [4.69, 9.17) is 19.9 Å². The first-order valence-corrected chi connectivity index (χ1v) is 11.4. The second kappa shape index (κ2) is 11.1. The Balaban J connectivity index is 1.32. The topological polar surface area (TPSA) is 140 Å². The largest absolute Gasteiger partial charge is 0.493 e. The van der Waals surface area contributed by atoms with Crippen molar-refractivity contribution in [2.45, 2.75) is 18.1 Å². The first-order chi connectivity index (χ1) is 17.4. The van der Waals surface area contributed by atoms with Crippen molar-refractivity contribution in [3.8, 4) is 22.6 Å². The number of rotatable bonds is 10. The minimum absolute atomic E-state index is 0.0820. The van der Waals surface area contributed by atoms with Gasteiger partial charge >= 0.3 is 6.09 Å². The van der Waals surface area contributed by atoms with Crippen LogP contribution in [-0.2, 0) is 9.53 Å². The lowest BCUT2D eigenvalue weighted by molar-refractivity contribution is -0.119. The Morgan fingerprint density at radius 1 is 0.972 bits per heavy atom. The van der Waals surface area contributed by atoms with Gasteiger partial charge in [0.25, 0.3) is 5.91 Å². The first kappa shape index (κ1) is 25.0. The molecule has 0 aromatic heterocycles. The van der Waals surface area contributed by atoms with Crippen molar-refractivity contribution in [3.63, 3.8) is 0 Å². The van der Waals surface area contributed by atoms with Crippen molar-refractivity contribution < 1.29 is 34.0 Å². The van der Waals surface area contributed by atoms with Gasteiger partial charge in [-0.05, 0) is 39.9 Å². The van der Waals surface area contributed by atoms with Gasteiger partial charge in [-0.15, -0.1) is 0 Å². The summed E-state index contributed by atoms with van der Waals surface area (Å²) in [6, 6.07) is 20.5. The first-order valence-electron chi connectivity index (χ1n) is 11.4. The minimum Gasteiger partial charge on any atom is -0.493 e. The van der Waals surface area contributed by atoms with Crippen LogP contribution in [-0.4, -0.2) is 55.2 Å². The lowest BCUT2D eigenvalue weighted by Crippen LogP contribution is -2.36. The van der Waals surface area contributed by atoms with Crippen LogP contribution in [0.15, 0.2) is 66.7 Å². The van der Waals surface area contributed by atoms with Gasteiger partial charge in [-0.3, -0.25) is 4.79 Å². The monoisotopic (exact) mass is 492 g/mol. The van der Waals surface area contributed by atoms with Crippen LogP contribution in [0, 0.1) is 0 Å². The minimum atomic E-state index is -1.32. The Morgan fingerprint density at radius 3 is 2.22 bits per heavy atom. The maximum absolute atomic E-state index is 12.4.